The quantitative estimate of drug-likeness (QED) is 0.776. The van der Waals surface area contributed by atoms with Crippen molar-refractivity contribution in [3.63, 3.8) is 0 Å². The number of methoxy groups -OCH3 is 2. The maximum Gasteiger partial charge on any atom is 0.173 e. The van der Waals surface area contributed by atoms with E-state index in [9.17, 15) is 4.79 Å². The van der Waals surface area contributed by atoms with E-state index < -0.39 is 0 Å². The van der Waals surface area contributed by atoms with Crippen LogP contribution in [0.5, 0.6) is 11.5 Å². The molecule has 1 saturated carbocycles. The molecule has 1 aliphatic rings. The minimum Gasteiger partial charge on any atom is -0.496 e. The molecule has 1 fully saturated rings. The Hall–Kier alpha value is -1.51. The Bertz CT molecular complexity index is 431. The molecular formula is C16H22O3. The third-order valence-corrected chi connectivity index (χ3v) is 3.98. The van der Waals surface area contributed by atoms with Gasteiger partial charge in [-0.3, -0.25) is 4.79 Å². The number of carbonyl (C=O) groups excluding carboxylic acids is 1. The highest BCUT2D eigenvalue weighted by molar-refractivity contribution is 6.02. The lowest BCUT2D eigenvalue weighted by Crippen LogP contribution is -2.22. The lowest BCUT2D eigenvalue weighted by Gasteiger charge is -2.26. The van der Waals surface area contributed by atoms with Gasteiger partial charge in [0, 0.05) is 5.92 Å². The second kappa shape index (κ2) is 6.09. The van der Waals surface area contributed by atoms with E-state index in [0.717, 1.165) is 19.3 Å². The van der Waals surface area contributed by atoms with Crippen LogP contribution in [0.15, 0.2) is 18.2 Å². The average Bonchev–Trinajstić information content (AvgIpc) is 2.45. The zero-order chi connectivity index (χ0) is 13.8. The van der Waals surface area contributed by atoms with Crippen LogP contribution in [0.1, 0.15) is 43.0 Å². The Morgan fingerprint density at radius 1 is 1.16 bits per heavy atom. The number of carbonyl (C=O) groups is 1. The van der Waals surface area contributed by atoms with Gasteiger partial charge in [0.2, 0.25) is 0 Å². The van der Waals surface area contributed by atoms with Crippen LogP contribution in [-0.4, -0.2) is 20.0 Å². The molecule has 0 aliphatic heterocycles. The summed E-state index contributed by atoms with van der Waals surface area (Å²) in [5.74, 6) is 2.13. The molecule has 2 rings (SSSR count). The highest BCUT2D eigenvalue weighted by Crippen LogP contribution is 2.36. The first-order valence-electron chi connectivity index (χ1n) is 6.92. The van der Waals surface area contributed by atoms with Crippen LogP contribution in [0.3, 0.4) is 0 Å². The summed E-state index contributed by atoms with van der Waals surface area (Å²) in [6, 6.07) is 5.49. The van der Waals surface area contributed by atoms with Crippen molar-refractivity contribution in [2.45, 2.75) is 32.6 Å². The number of ether oxygens (including phenoxy) is 2. The summed E-state index contributed by atoms with van der Waals surface area (Å²) in [4.78, 5) is 12.7. The van der Waals surface area contributed by atoms with Gasteiger partial charge in [-0.15, -0.1) is 0 Å². The smallest absolute Gasteiger partial charge is 0.173 e. The van der Waals surface area contributed by atoms with Crippen molar-refractivity contribution >= 4 is 5.78 Å². The molecular weight excluding hydrogens is 240 g/mol. The van der Waals surface area contributed by atoms with Crippen LogP contribution in [0.2, 0.25) is 0 Å². The van der Waals surface area contributed by atoms with E-state index in [4.69, 9.17) is 9.47 Å². The lowest BCUT2D eigenvalue weighted by molar-refractivity contribution is 0.0862. The second-order valence-electron chi connectivity index (χ2n) is 5.37. The number of Topliss-reactive ketones (excluding diaryl/α,β-unsaturated/α-hetero) is 1. The van der Waals surface area contributed by atoms with Crippen LogP contribution in [0.4, 0.5) is 0 Å². The summed E-state index contributed by atoms with van der Waals surface area (Å²) >= 11 is 0. The molecule has 1 aliphatic carbocycles. The SMILES string of the molecule is COc1cccc(OC)c1C(=O)C1CCCC(C)C1. The van der Waals surface area contributed by atoms with Crippen LogP contribution in [0, 0.1) is 11.8 Å². The van der Waals surface area contributed by atoms with Crippen molar-refractivity contribution < 1.29 is 14.3 Å². The number of rotatable bonds is 4. The first-order valence-corrected chi connectivity index (χ1v) is 6.92. The predicted molar refractivity (Wildman–Crippen MR) is 75.0 cm³/mol. The molecule has 0 bridgehead atoms. The fourth-order valence-electron chi connectivity index (χ4n) is 2.97. The molecule has 3 nitrogen and oxygen atoms in total. The fourth-order valence-corrected chi connectivity index (χ4v) is 2.97. The maximum atomic E-state index is 12.7. The zero-order valence-corrected chi connectivity index (χ0v) is 11.9. The van der Waals surface area contributed by atoms with E-state index in [0.29, 0.717) is 23.0 Å². The molecule has 3 heteroatoms. The summed E-state index contributed by atoms with van der Waals surface area (Å²) in [5, 5.41) is 0. The van der Waals surface area contributed by atoms with Gasteiger partial charge in [-0.2, -0.15) is 0 Å². The van der Waals surface area contributed by atoms with E-state index in [1.807, 2.05) is 18.2 Å². The van der Waals surface area contributed by atoms with Crippen molar-refractivity contribution in [1.29, 1.82) is 0 Å². The Balaban J connectivity index is 2.31. The predicted octanol–water partition coefficient (Wildman–Crippen LogP) is 3.71. The highest BCUT2D eigenvalue weighted by Gasteiger charge is 2.29. The minimum absolute atomic E-state index is 0.106. The van der Waals surface area contributed by atoms with E-state index in [-0.39, 0.29) is 11.7 Å². The van der Waals surface area contributed by atoms with E-state index in [1.54, 1.807) is 14.2 Å². The van der Waals surface area contributed by atoms with Crippen LogP contribution in [-0.2, 0) is 0 Å². The summed E-state index contributed by atoms with van der Waals surface area (Å²) in [5.41, 5.74) is 0.603. The molecule has 0 radical (unpaired) electrons. The maximum absolute atomic E-state index is 12.7. The van der Waals surface area contributed by atoms with E-state index in [1.165, 1.54) is 6.42 Å². The first-order chi connectivity index (χ1) is 9.17. The highest BCUT2D eigenvalue weighted by atomic mass is 16.5. The third kappa shape index (κ3) is 2.91. The number of hydrogen-bond donors (Lipinski definition) is 0. The van der Waals surface area contributed by atoms with Crippen molar-refractivity contribution in [2.75, 3.05) is 14.2 Å². The van der Waals surface area contributed by atoms with Gasteiger partial charge >= 0.3 is 0 Å². The largest absolute Gasteiger partial charge is 0.496 e. The molecule has 2 unspecified atom stereocenters. The fraction of sp³-hybridized carbons (Fsp3) is 0.562. The summed E-state index contributed by atoms with van der Waals surface area (Å²) < 4.78 is 10.7. The molecule has 1 aromatic carbocycles. The van der Waals surface area contributed by atoms with Gasteiger partial charge < -0.3 is 9.47 Å². The molecule has 2 atom stereocenters. The average molecular weight is 262 g/mol. The molecule has 0 saturated heterocycles. The Morgan fingerprint density at radius 3 is 2.32 bits per heavy atom. The monoisotopic (exact) mass is 262 g/mol. The zero-order valence-electron chi connectivity index (χ0n) is 11.9. The summed E-state index contributed by atoms with van der Waals surface area (Å²) in [6.45, 7) is 2.22. The number of hydrogen-bond acceptors (Lipinski definition) is 3. The Kier molecular flexibility index (Phi) is 4.46. The van der Waals surface area contributed by atoms with Crippen molar-refractivity contribution in [1.82, 2.24) is 0 Å². The summed E-state index contributed by atoms with van der Waals surface area (Å²) in [7, 11) is 3.18. The Morgan fingerprint density at radius 2 is 1.79 bits per heavy atom. The van der Waals surface area contributed by atoms with Gasteiger partial charge in [-0.25, -0.2) is 0 Å². The molecule has 0 N–H and O–H groups in total. The van der Waals surface area contributed by atoms with Crippen LogP contribution >= 0.6 is 0 Å². The number of benzene rings is 1. The minimum atomic E-state index is 0.106. The van der Waals surface area contributed by atoms with Crippen LogP contribution < -0.4 is 9.47 Å². The topological polar surface area (TPSA) is 35.5 Å². The standard InChI is InChI=1S/C16H22O3/c1-11-6-4-7-12(10-11)16(17)15-13(18-2)8-5-9-14(15)19-3/h5,8-9,11-12H,4,6-7,10H2,1-3H3. The molecule has 1 aromatic rings. The van der Waals surface area contributed by atoms with Gasteiger partial charge in [0.15, 0.2) is 5.78 Å². The molecule has 104 valence electrons. The summed E-state index contributed by atoms with van der Waals surface area (Å²) in [6.07, 6.45) is 4.31. The lowest BCUT2D eigenvalue weighted by atomic mass is 9.78. The molecule has 0 heterocycles. The van der Waals surface area contributed by atoms with Gasteiger partial charge in [-0.1, -0.05) is 25.8 Å². The second-order valence-corrected chi connectivity index (χ2v) is 5.37. The number of ketones is 1. The molecule has 0 amide bonds. The molecule has 0 spiro atoms. The van der Waals surface area contributed by atoms with E-state index in [2.05, 4.69) is 6.92 Å². The van der Waals surface area contributed by atoms with Gasteiger partial charge in [0.05, 0.1) is 14.2 Å². The van der Waals surface area contributed by atoms with Crippen molar-refractivity contribution in [3.05, 3.63) is 23.8 Å². The molecule has 19 heavy (non-hydrogen) atoms. The van der Waals surface area contributed by atoms with E-state index >= 15 is 0 Å². The first kappa shape index (κ1) is 13.9. The van der Waals surface area contributed by atoms with Gasteiger partial charge in [0.1, 0.15) is 17.1 Å². The normalized spacial score (nSPS) is 22.9. The Labute approximate surface area is 114 Å². The van der Waals surface area contributed by atoms with Gasteiger partial charge in [-0.05, 0) is 30.9 Å². The molecule has 0 aromatic heterocycles. The third-order valence-electron chi connectivity index (χ3n) is 3.98. The van der Waals surface area contributed by atoms with Crippen molar-refractivity contribution in [2.24, 2.45) is 11.8 Å². The van der Waals surface area contributed by atoms with Crippen LogP contribution in [0.25, 0.3) is 0 Å². The van der Waals surface area contributed by atoms with Crippen molar-refractivity contribution in [3.8, 4) is 11.5 Å². The van der Waals surface area contributed by atoms with Gasteiger partial charge in [0.25, 0.3) is 0 Å².